The Morgan fingerprint density at radius 2 is 2.00 bits per heavy atom. The van der Waals surface area contributed by atoms with Gasteiger partial charge in [-0.1, -0.05) is 0 Å². The van der Waals surface area contributed by atoms with Crippen molar-refractivity contribution in [2.45, 2.75) is 25.4 Å². The zero-order valence-corrected chi connectivity index (χ0v) is 6.78. The van der Waals surface area contributed by atoms with Gasteiger partial charge in [-0.2, -0.15) is 13.2 Å². The highest BCUT2D eigenvalue weighted by molar-refractivity contribution is 5.79. The highest BCUT2D eigenvalue weighted by Crippen LogP contribution is 2.22. The topological polar surface area (TPSA) is 26.3 Å². The van der Waals surface area contributed by atoms with Crippen molar-refractivity contribution in [1.82, 2.24) is 0 Å². The van der Waals surface area contributed by atoms with Gasteiger partial charge in [-0.25, -0.2) is 0 Å². The molecule has 0 rings (SSSR count). The van der Waals surface area contributed by atoms with Gasteiger partial charge in [-0.15, -0.1) is 0 Å². The van der Waals surface area contributed by atoms with Gasteiger partial charge in [-0.3, -0.25) is 4.79 Å². The van der Waals surface area contributed by atoms with E-state index in [9.17, 15) is 18.0 Å². The predicted octanol–water partition coefficient (Wildman–Crippen LogP) is 1.93. The first-order valence-electron chi connectivity index (χ1n) is 3.53. The molecule has 0 aromatic carbocycles. The summed E-state index contributed by atoms with van der Waals surface area (Å²) in [5, 5.41) is 0. The molecule has 2 nitrogen and oxygen atoms in total. The van der Waals surface area contributed by atoms with Gasteiger partial charge >= 0.3 is 6.18 Å². The molecule has 0 aliphatic rings. The lowest BCUT2D eigenvalue weighted by atomic mass is 10.2. The summed E-state index contributed by atoms with van der Waals surface area (Å²) in [7, 11) is 1.33. The molecule has 0 saturated heterocycles. The van der Waals surface area contributed by atoms with E-state index in [0.717, 1.165) is 0 Å². The maximum absolute atomic E-state index is 11.5. The number of methoxy groups -OCH3 is 1. The molecular formula is C7H11F3O2. The third kappa shape index (κ3) is 7.53. The molecule has 0 radical (unpaired) electrons. The summed E-state index contributed by atoms with van der Waals surface area (Å²) in [5.41, 5.74) is 0. The van der Waals surface area contributed by atoms with Gasteiger partial charge in [0.25, 0.3) is 0 Å². The molecular weight excluding hydrogens is 173 g/mol. The fourth-order valence-electron chi connectivity index (χ4n) is 0.719. The third-order valence-electron chi connectivity index (χ3n) is 1.22. The van der Waals surface area contributed by atoms with E-state index >= 15 is 0 Å². The second kappa shape index (κ2) is 5.13. The Morgan fingerprint density at radius 3 is 2.42 bits per heavy atom. The summed E-state index contributed by atoms with van der Waals surface area (Å²) in [6.45, 7) is -0.0993. The van der Waals surface area contributed by atoms with Crippen molar-refractivity contribution in [2.75, 3.05) is 13.7 Å². The smallest absolute Gasteiger partial charge is 0.377 e. The van der Waals surface area contributed by atoms with E-state index in [1.54, 1.807) is 0 Å². The van der Waals surface area contributed by atoms with Crippen LogP contribution in [0.15, 0.2) is 0 Å². The first-order chi connectivity index (χ1) is 5.45. The van der Waals surface area contributed by atoms with Crippen LogP contribution in [0.1, 0.15) is 19.3 Å². The number of carbonyl (C=O) groups is 1. The highest BCUT2D eigenvalue weighted by Gasteiger charge is 2.26. The van der Waals surface area contributed by atoms with Crippen LogP contribution in [-0.4, -0.2) is 25.7 Å². The normalized spacial score (nSPS) is 11.7. The van der Waals surface area contributed by atoms with Crippen molar-refractivity contribution in [3.63, 3.8) is 0 Å². The van der Waals surface area contributed by atoms with E-state index in [4.69, 9.17) is 0 Å². The van der Waals surface area contributed by atoms with Gasteiger partial charge in [-0.05, 0) is 6.42 Å². The fraction of sp³-hybridized carbons (Fsp3) is 0.857. The van der Waals surface area contributed by atoms with Gasteiger partial charge in [0.05, 0.1) is 0 Å². The van der Waals surface area contributed by atoms with Crippen molar-refractivity contribution < 1.29 is 22.7 Å². The number of rotatable bonds is 5. The van der Waals surface area contributed by atoms with Crippen LogP contribution in [0.25, 0.3) is 0 Å². The van der Waals surface area contributed by atoms with Crippen LogP contribution < -0.4 is 0 Å². The lowest BCUT2D eigenvalue weighted by Crippen LogP contribution is -2.10. The average molecular weight is 184 g/mol. The lowest BCUT2D eigenvalue weighted by molar-refractivity contribution is -0.137. The molecule has 0 fully saturated rings. The number of hydrogen-bond donors (Lipinski definition) is 0. The Kier molecular flexibility index (Phi) is 4.89. The molecule has 5 heteroatoms. The van der Waals surface area contributed by atoms with E-state index in [1.807, 2.05) is 0 Å². The summed E-state index contributed by atoms with van der Waals surface area (Å²) in [6.07, 6.45) is -5.27. The number of alkyl halides is 3. The minimum atomic E-state index is -4.16. The maximum Gasteiger partial charge on any atom is 0.389 e. The second-order valence-corrected chi connectivity index (χ2v) is 2.44. The second-order valence-electron chi connectivity index (χ2n) is 2.44. The van der Waals surface area contributed by atoms with Crippen molar-refractivity contribution >= 4 is 5.78 Å². The van der Waals surface area contributed by atoms with Crippen LogP contribution >= 0.6 is 0 Å². The quantitative estimate of drug-likeness (QED) is 0.652. The largest absolute Gasteiger partial charge is 0.389 e. The Balaban J connectivity index is 3.37. The third-order valence-corrected chi connectivity index (χ3v) is 1.22. The Hall–Kier alpha value is -0.580. The minimum Gasteiger partial charge on any atom is -0.377 e. The van der Waals surface area contributed by atoms with Crippen molar-refractivity contribution in [3.8, 4) is 0 Å². The van der Waals surface area contributed by atoms with Gasteiger partial charge in [0.15, 0.2) is 5.78 Å². The van der Waals surface area contributed by atoms with E-state index in [1.165, 1.54) is 7.11 Å². The summed E-state index contributed by atoms with van der Waals surface area (Å²) in [6, 6.07) is 0. The molecule has 0 N–H and O–H groups in total. The lowest BCUT2D eigenvalue weighted by Gasteiger charge is -2.04. The highest BCUT2D eigenvalue weighted by atomic mass is 19.4. The molecule has 0 bridgehead atoms. The average Bonchev–Trinajstić information content (AvgIpc) is 1.84. The van der Waals surface area contributed by atoms with Crippen LogP contribution in [0.5, 0.6) is 0 Å². The molecule has 0 aliphatic carbocycles. The number of halogens is 3. The number of carbonyl (C=O) groups excluding carboxylic acids is 1. The van der Waals surface area contributed by atoms with E-state index in [-0.39, 0.29) is 25.2 Å². The molecule has 0 aromatic heterocycles. The van der Waals surface area contributed by atoms with E-state index in [2.05, 4.69) is 4.74 Å². The summed E-state index contributed by atoms with van der Waals surface area (Å²) in [4.78, 5) is 10.6. The van der Waals surface area contributed by atoms with E-state index in [0.29, 0.717) is 0 Å². The fourth-order valence-corrected chi connectivity index (χ4v) is 0.719. The monoisotopic (exact) mass is 184 g/mol. The molecule has 72 valence electrons. The molecule has 0 aromatic rings. The number of hydrogen-bond acceptors (Lipinski definition) is 2. The van der Waals surface area contributed by atoms with Crippen LogP contribution in [0.3, 0.4) is 0 Å². The molecule has 0 atom stereocenters. The van der Waals surface area contributed by atoms with Gasteiger partial charge in [0.2, 0.25) is 0 Å². The standard InChI is InChI=1S/C7H11F3O2/c1-12-5-6(11)3-2-4-7(8,9)10/h2-5H2,1H3. The van der Waals surface area contributed by atoms with Crippen LogP contribution in [-0.2, 0) is 9.53 Å². The number of Topliss-reactive ketones (excluding diaryl/α,β-unsaturated/α-hetero) is 1. The van der Waals surface area contributed by atoms with Crippen LogP contribution in [0.4, 0.5) is 13.2 Å². The molecule has 0 spiro atoms. The molecule has 0 saturated carbocycles. The van der Waals surface area contributed by atoms with Gasteiger partial charge in [0, 0.05) is 20.0 Å². The maximum atomic E-state index is 11.5. The summed E-state index contributed by atoms with van der Waals surface area (Å²) >= 11 is 0. The molecule has 0 amide bonds. The van der Waals surface area contributed by atoms with Crippen molar-refractivity contribution in [1.29, 1.82) is 0 Å². The zero-order chi connectivity index (χ0) is 9.61. The Morgan fingerprint density at radius 1 is 1.42 bits per heavy atom. The summed E-state index contributed by atoms with van der Waals surface area (Å²) in [5.74, 6) is -0.290. The SMILES string of the molecule is COCC(=O)CCCC(F)(F)F. The number of ether oxygens (including phenoxy) is 1. The van der Waals surface area contributed by atoms with Gasteiger partial charge in [0.1, 0.15) is 6.61 Å². The number of ketones is 1. The van der Waals surface area contributed by atoms with Crippen molar-refractivity contribution in [2.24, 2.45) is 0 Å². The Labute approximate surface area is 68.7 Å². The van der Waals surface area contributed by atoms with E-state index < -0.39 is 12.6 Å². The first-order valence-corrected chi connectivity index (χ1v) is 3.53. The summed E-state index contributed by atoms with van der Waals surface area (Å²) < 4.78 is 39.1. The minimum absolute atomic E-state index is 0.0622. The van der Waals surface area contributed by atoms with Gasteiger partial charge < -0.3 is 4.74 Å². The molecule has 0 aliphatic heterocycles. The van der Waals surface area contributed by atoms with Crippen LogP contribution in [0, 0.1) is 0 Å². The zero-order valence-electron chi connectivity index (χ0n) is 6.78. The Bertz CT molecular complexity index is 142. The van der Waals surface area contributed by atoms with Crippen LogP contribution in [0.2, 0.25) is 0 Å². The predicted molar refractivity (Wildman–Crippen MR) is 36.8 cm³/mol. The van der Waals surface area contributed by atoms with Crippen molar-refractivity contribution in [3.05, 3.63) is 0 Å². The molecule has 0 unspecified atom stereocenters. The molecule has 0 heterocycles. The molecule has 12 heavy (non-hydrogen) atoms. The first kappa shape index (κ1) is 11.4.